The van der Waals surface area contributed by atoms with Gasteiger partial charge in [0.25, 0.3) is 5.79 Å². The van der Waals surface area contributed by atoms with E-state index in [1.54, 1.807) is 61.7 Å². The third-order valence-corrected chi connectivity index (χ3v) is 6.89. The highest BCUT2D eigenvalue weighted by Gasteiger charge is 2.48. The number of benzene rings is 3. The van der Waals surface area contributed by atoms with E-state index in [0.717, 1.165) is 11.7 Å². The van der Waals surface area contributed by atoms with Crippen molar-refractivity contribution in [3.05, 3.63) is 76.9 Å². The van der Waals surface area contributed by atoms with Gasteiger partial charge < -0.3 is 28.8 Å². The number of carbonyl (C=O) groups is 1. The van der Waals surface area contributed by atoms with Gasteiger partial charge in [-0.25, -0.2) is 4.79 Å². The number of esters is 1. The molecule has 10 heteroatoms. The first-order valence-corrected chi connectivity index (χ1v) is 12.0. The molecule has 1 aliphatic rings. The molecule has 1 aromatic heterocycles. The summed E-state index contributed by atoms with van der Waals surface area (Å²) in [6, 6.07) is 15.5. The summed E-state index contributed by atoms with van der Waals surface area (Å²) in [6.07, 6.45) is 0.112. The van der Waals surface area contributed by atoms with Gasteiger partial charge in [-0.3, -0.25) is 0 Å². The SMILES string of the molecule is COc1ccc(C2(O)OC(=O)C(c3ccc4nsnc4c3)=C2Cc2cc(OC)c(OC)cc2OC)cc1. The van der Waals surface area contributed by atoms with Gasteiger partial charge in [0.2, 0.25) is 0 Å². The van der Waals surface area contributed by atoms with Crippen LogP contribution < -0.4 is 18.9 Å². The first kappa shape index (κ1) is 24.5. The molecule has 2 heterocycles. The molecule has 9 nitrogen and oxygen atoms in total. The summed E-state index contributed by atoms with van der Waals surface area (Å²) in [5.74, 6) is -0.621. The maximum absolute atomic E-state index is 13.4. The Hall–Kier alpha value is -4.15. The van der Waals surface area contributed by atoms with Crippen molar-refractivity contribution in [3.8, 4) is 23.0 Å². The van der Waals surface area contributed by atoms with Crippen LogP contribution >= 0.6 is 11.7 Å². The third-order valence-electron chi connectivity index (χ3n) is 6.33. The highest BCUT2D eigenvalue weighted by molar-refractivity contribution is 7.00. The van der Waals surface area contributed by atoms with Gasteiger partial charge in [0.1, 0.15) is 22.5 Å². The number of carbonyl (C=O) groups excluding carboxylic acids is 1. The summed E-state index contributed by atoms with van der Waals surface area (Å²) in [5.41, 5.74) is 3.54. The van der Waals surface area contributed by atoms with Crippen molar-refractivity contribution in [1.82, 2.24) is 8.75 Å². The fourth-order valence-corrected chi connectivity index (χ4v) is 4.97. The van der Waals surface area contributed by atoms with Crippen molar-refractivity contribution < 1.29 is 33.6 Å². The average molecular weight is 521 g/mol. The minimum absolute atomic E-state index is 0.112. The summed E-state index contributed by atoms with van der Waals surface area (Å²) in [6.45, 7) is 0. The topological polar surface area (TPSA) is 109 Å². The van der Waals surface area contributed by atoms with E-state index >= 15 is 0 Å². The number of fused-ring (bicyclic) bond motifs is 1. The van der Waals surface area contributed by atoms with E-state index in [2.05, 4.69) is 8.75 Å². The summed E-state index contributed by atoms with van der Waals surface area (Å²) in [5, 5.41) is 11.9. The average Bonchev–Trinajstić information content (AvgIpc) is 3.49. The van der Waals surface area contributed by atoms with Crippen molar-refractivity contribution in [2.24, 2.45) is 0 Å². The largest absolute Gasteiger partial charge is 0.497 e. The highest BCUT2D eigenvalue weighted by Crippen LogP contribution is 2.47. The fraction of sp³-hybridized carbons (Fsp3) is 0.222. The van der Waals surface area contributed by atoms with Crippen LogP contribution in [0.3, 0.4) is 0 Å². The van der Waals surface area contributed by atoms with E-state index in [1.165, 1.54) is 21.3 Å². The lowest BCUT2D eigenvalue weighted by molar-refractivity contribution is -0.185. The second kappa shape index (κ2) is 9.72. The predicted octanol–water partition coefficient (Wildman–Crippen LogP) is 4.12. The quantitative estimate of drug-likeness (QED) is 0.343. The van der Waals surface area contributed by atoms with Crippen molar-refractivity contribution in [2.45, 2.75) is 12.2 Å². The lowest BCUT2D eigenvalue weighted by Crippen LogP contribution is -2.29. The molecule has 1 unspecified atom stereocenters. The summed E-state index contributed by atoms with van der Waals surface area (Å²) < 4.78 is 36.0. The number of hydrogen-bond acceptors (Lipinski definition) is 10. The maximum Gasteiger partial charge on any atom is 0.342 e. The molecule has 0 saturated heterocycles. The zero-order chi connectivity index (χ0) is 26.2. The summed E-state index contributed by atoms with van der Waals surface area (Å²) in [7, 11) is 6.16. The van der Waals surface area contributed by atoms with Crippen molar-refractivity contribution >= 4 is 34.3 Å². The van der Waals surface area contributed by atoms with Crippen molar-refractivity contribution in [3.63, 3.8) is 0 Å². The van der Waals surface area contributed by atoms with Gasteiger partial charge in [-0.05, 0) is 48.0 Å². The number of aliphatic hydroxyl groups is 1. The first-order valence-electron chi connectivity index (χ1n) is 11.3. The Bertz CT molecular complexity index is 1510. The molecule has 0 aliphatic carbocycles. The number of rotatable bonds is 8. The molecule has 4 aromatic rings. The molecule has 0 amide bonds. The zero-order valence-electron chi connectivity index (χ0n) is 20.6. The van der Waals surface area contributed by atoms with Gasteiger partial charge in [-0.2, -0.15) is 8.75 Å². The maximum atomic E-state index is 13.4. The minimum Gasteiger partial charge on any atom is -0.497 e. The molecule has 0 radical (unpaired) electrons. The van der Waals surface area contributed by atoms with Crippen molar-refractivity contribution in [2.75, 3.05) is 28.4 Å². The number of cyclic esters (lactones) is 1. The first-order chi connectivity index (χ1) is 17.9. The van der Waals surface area contributed by atoms with Crippen LogP contribution in [0.1, 0.15) is 16.7 Å². The Kier molecular flexibility index (Phi) is 6.45. The molecule has 190 valence electrons. The molecule has 0 spiro atoms. The smallest absolute Gasteiger partial charge is 0.342 e. The van der Waals surface area contributed by atoms with Gasteiger partial charge in [0, 0.05) is 29.2 Å². The number of aromatic nitrogens is 2. The molecular weight excluding hydrogens is 496 g/mol. The fourth-order valence-electron chi connectivity index (χ4n) is 4.45. The molecule has 37 heavy (non-hydrogen) atoms. The number of nitrogens with zero attached hydrogens (tertiary/aromatic N) is 2. The van der Waals surface area contributed by atoms with E-state index in [4.69, 9.17) is 23.7 Å². The van der Waals surface area contributed by atoms with Crippen LogP contribution in [-0.4, -0.2) is 48.3 Å². The lowest BCUT2D eigenvalue weighted by atomic mass is 9.87. The standard InChI is InChI=1S/C27H24N2O7S/c1-32-18-8-6-17(7-9-18)27(31)19(11-16-13-23(34-3)24(35-4)14-22(16)33-2)25(26(30)36-27)15-5-10-20-21(12-15)29-37-28-20/h5-10,12-14,31H,11H2,1-4H3. The second-order valence-corrected chi connectivity index (χ2v) is 8.81. The van der Waals surface area contributed by atoms with E-state index in [-0.39, 0.29) is 12.0 Å². The van der Waals surface area contributed by atoms with Crippen LogP contribution in [0.25, 0.3) is 16.6 Å². The van der Waals surface area contributed by atoms with Crippen molar-refractivity contribution in [1.29, 1.82) is 0 Å². The summed E-state index contributed by atoms with van der Waals surface area (Å²) in [4.78, 5) is 13.4. The van der Waals surface area contributed by atoms with Gasteiger partial charge in [-0.15, -0.1) is 0 Å². The van der Waals surface area contributed by atoms with Crippen LogP contribution in [0.2, 0.25) is 0 Å². The molecule has 5 rings (SSSR count). The molecule has 1 atom stereocenters. The Morgan fingerprint density at radius 2 is 1.51 bits per heavy atom. The molecule has 0 bridgehead atoms. The van der Waals surface area contributed by atoms with E-state index in [0.29, 0.717) is 56.3 Å². The van der Waals surface area contributed by atoms with Crippen LogP contribution in [0.15, 0.2) is 60.2 Å². The molecule has 0 fully saturated rings. The van der Waals surface area contributed by atoms with Crippen LogP contribution in [-0.2, 0) is 21.7 Å². The Labute approximate surface area is 217 Å². The third kappa shape index (κ3) is 4.24. The minimum atomic E-state index is -2.04. The summed E-state index contributed by atoms with van der Waals surface area (Å²) >= 11 is 1.09. The van der Waals surface area contributed by atoms with Gasteiger partial charge in [0.05, 0.1) is 45.7 Å². The van der Waals surface area contributed by atoms with E-state index in [1.807, 2.05) is 0 Å². The Balaban J connectivity index is 1.72. The molecular formula is C27H24N2O7S. The zero-order valence-corrected chi connectivity index (χ0v) is 21.4. The molecule has 1 N–H and O–H groups in total. The predicted molar refractivity (Wildman–Crippen MR) is 137 cm³/mol. The highest BCUT2D eigenvalue weighted by atomic mass is 32.1. The number of methoxy groups -OCH3 is 4. The second-order valence-electron chi connectivity index (χ2n) is 8.28. The number of hydrogen-bond donors (Lipinski definition) is 1. The van der Waals surface area contributed by atoms with Gasteiger partial charge in [0.15, 0.2) is 11.5 Å². The molecule has 0 saturated carbocycles. The van der Waals surface area contributed by atoms with E-state index < -0.39 is 11.8 Å². The molecule has 1 aliphatic heterocycles. The lowest BCUT2D eigenvalue weighted by Gasteiger charge is -2.26. The van der Waals surface area contributed by atoms with E-state index in [9.17, 15) is 9.90 Å². The number of ether oxygens (including phenoxy) is 5. The Morgan fingerprint density at radius 1 is 0.838 bits per heavy atom. The van der Waals surface area contributed by atoms with Gasteiger partial charge in [-0.1, -0.05) is 6.07 Å². The Morgan fingerprint density at radius 3 is 2.19 bits per heavy atom. The van der Waals surface area contributed by atoms with Crippen LogP contribution in [0.5, 0.6) is 23.0 Å². The normalized spacial score (nSPS) is 17.2. The van der Waals surface area contributed by atoms with Crippen LogP contribution in [0.4, 0.5) is 0 Å². The monoisotopic (exact) mass is 520 g/mol. The van der Waals surface area contributed by atoms with Crippen LogP contribution in [0, 0.1) is 0 Å². The van der Waals surface area contributed by atoms with Gasteiger partial charge >= 0.3 is 5.97 Å². The molecule has 3 aromatic carbocycles.